The molecule has 6 nitrogen and oxygen atoms in total. The van der Waals surface area contributed by atoms with Crippen LogP contribution >= 0.6 is 15.9 Å². The highest BCUT2D eigenvalue weighted by Gasteiger charge is 2.24. The van der Waals surface area contributed by atoms with E-state index in [-0.39, 0.29) is 17.1 Å². The molecule has 1 heterocycles. The van der Waals surface area contributed by atoms with E-state index in [1.807, 2.05) is 19.1 Å². The third-order valence-electron chi connectivity index (χ3n) is 3.83. The van der Waals surface area contributed by atoms with Crippen LogP contribution in [0.1, 0.15) is 26.5 Å². The van der Waals surface area contributed by atoms with Gasteiger partial charge in [0.05, 0.1) is 11.4 Å². The Hall–Kier alpha value is -3.07. The number of nitrogens with two attached hydrogens (primary N) is 1. The van der Waals surface area contributed by atoms with Crippen molar-refractivity contribution in [3.8, 4) is 5.69 Å². The Morgan fingerprint density at radius 3 is 2.59 bits per heavy atom. The first-order valence-corrected chi connectivity index (χ1v) is 8.47. The van der Waals surface area contributed by atoms with Crippen LogP contribution in [0.4, 0.5) is 14.5 Å². The maximum Gasteiger partial charge on any atom is 0.275 e. The number of carbonyl (C=O) groups is 2. The van der Waals surface area contributed by atoms with Gasteiger partial charge in [0, 0.05) is 10.5 Å². The minimum absolute atomic E-state index is 0.160. The third kappa shape index (κ3) is 3.72. The average molecular weight is 435 g/mol. The number of nitrogens with one attached hydrogen (secondary N) is 1. The van der Waals surface area contributed by atoms with E-state index in [2.05, 4.69) is 26.2 Å². The van der Waals surface area contributed by atoms with E-state index in [9.17, 15) is 18.4 Å². The van der Waals surface area contributed by atoms with Crippen LogP contribution in [-0.2, 0) is 0 Å². The van der Waals surface area contributed by atoms with E-state index in [4.69, 9.17) is 5.73 Å². The number of rotatable bonds is 4. The number of primary amides is 1. The number of anilines is 1. The molecule has 27 heavy (non-hydrogen) atoms. The zero-order valence-electron chi connectivity index (χ0n) is 14.0. The highest BCUT2D eigenvalue weighted by Crippen LogP contribution is 2.24. The van der Waals surface area contributed by atoms with E-state index in [0.29, 0.717) is 11.8 Å². The van der Waals surface area contributed by atoms with Crippen molar-refractivity contribution in [1.29, 1.82) is 0 Å². The second-order valence-electron chi connectivity index (χ2n) is 5.69. The monoisotopic (exact) mass is 434 g/mol. The summed E-state index contributed by atoms with van der Waals surface area (Å²) in [6.45, 7) is 1.81. The van der Waals surface area contributed by atoms with Crippen molar-refractivity contribution in [2.45, 2.75) is 6.92 Å². The molecule has 3 N–H and O–H groups in total. The second-order valence-corrected chi connectivity index (χ2v) is 6.60. The van der Waals surface area contributed by atoms with E-state index in [1.165, 1.54) is 10.9 Å². The van der Waals surface area contributed by atoms with Gasteiger partial charge in [-0.25, -0.2) is 13.8 Å². The van der Waals surface area contributed by atoms with Crippen molar-refractivity contribution in [1.82, 2.24) is 9.55 Å². The zero-order valence-corrected chi connectivity index (χ0v) is 15.5. The summed E-state index contributed by atoms with van der Waals surface area (Å²) in [5.74, 6) is -3.45. The van der Waals surface area contributed by atoms with Crippen LogP contribution in [0.25, 0.3) is 5.69 Å². The number of halogens is 3. The third-order valence-corrected chi connectivity index (χ3v) is 4.32. The van der Waals surface area contributed by atoms with Gasteiger partial charge >= 0.3 is 0 Å². The van der Waals surface area contributed by atoms with Gasteiger partial charge in [0.25, 0.3) is 11.8 Å². The number of hydrogen-bond donors (Lipinski definition) is 2. The largest absolute Gasteiger partial charge is 0.364 e. The molecule has 0 aliphatic heterocycles. The van der Waals surface area contributed by atoms with Crippen LogP contribution in [-0.4, -0.2) is 21.4 Å². The molecule has 1 aromatic heterocycles. The van der Waals surface area contributed by atoms with Crippen LogP contribution in [0.2, 0.25) is 0 Å². The standard InChI is InChI=1S/C18H13BrF2N4O2/c1-9-2-3-10(19)6-14(9)25-8-23-15(17(22)26)16(25)18(27)24-13-5-4-11(20)7-12(13)21/h2-8H,1H3,(H2,22,26)(H,24,27). The molecule has 0 saturated carbocycles. The van der Waals surface area contributed by atoms with Crippen LogP contribution in [0.5, 0.6) is 0 Å². The Morgan fingerprint density at radius 2 is 1.93 bits per heavy atom. The fourth-order valence-electron chi connectivity index (χ4n) is 2.54. The molecule has 0 fully saturated rings. The van der Waals surface area contributed by atoms with Gasteiger partial charge in [0.15, 0.2) is 5.69 Å². The smallest absolute Gasteiger partial charge is 0.275 e. The summed E-state index contributed by atoms with van der Waals surface area (Å²) in [7, 11) is 0. The number of imidazole rings is 1. The van der Waals surface area contributed by atoms with Gasteiger partial charge in [-0.15, -0.1) is 0 Å². The van der Waals surface area contributed by atoms with E-state index < -0.39 is 23.4 Å². The molecule has 0 saturated heterocycles. The van der Waals surface area contributed by atoms with Crippen molar-refractivity contribution < 1.29 is 18.4 Å². The van der Waals surface area contributed by atoms with Crippen molar-refractivity contribution in [3.05, 3.63) is 75.8 Å². The van der Waals surface area contributed by atoms with Crippen molar-refractivity contribution >= 4 is 33.4 Å². The first-order chi connectivity index (χ1) is 12.8. The van der Waals surface area contributed by atoms with Gasteiger partial charge in [0.2, 0.25) is 0 Å². The Labute approximate surface area is 161 Å². The fraction of sp³-hybridized carbons (Fsp3) is 0.0556. The molecule has 0 spiro atoms. The summed E-state index contributed by atoms with van der Waals surface area (Å²) >= 11 is 3.35. The fourth-order valence-corrected chi connectivity index (χ4v) is 2.89. The van der Waals surface area contributed by atoms with Crippen LogP contribution < -0.4 is 11.1 Å². The molecule has 2 amide bonds. The van der Waals surface area contributed by atoms with Crippen molar-refractivity contribution in [2.24, 2.45) is 5.73 Å². The maximum atomic E-state index is 13.9. The Bertz CT molecular complexity index is 1070. The topological polar surface area (TPSA) is 90.0 Å². The number of hydrogen-bond acceptors (Lipinski definition) is 3. The lowest BCUT2D eigenvalue weighted by atomic mass is 10.2. The molecule has 3 aromatic rings. The molecule has 0 aliphatic rings. The summed E-state index contributed by atoms with van der Waals surface area (Å²) in [6, 6.07) is 8.08. The Morgan fingerprint density at radius 1 is 1.19 bits per heavy atom. The summed E-state index contributed by atoms with van der Waals surface area (Å²) in [4.78, 5) is 28.4. The predicted octanol–water partition coefficient (Wildman–Crippen LogP) is 3.57. The molecule has 3 rings (SSSR count). The van der Waals surface area contributed by atoms with Crippen molar-refractivity contribution in [3.63, 3.8) is 0 Å². The second kappa shape index (κ2) is 7.28. The first-order valence-electron chi connectivity index (χ1n) is 7.68. The van der Waals surface area contributed by atoms with Gasteiger partial charge in [-0.1, -0.05) is 22.0 Å². The minimum atomic E-state index is -0.950. The van der Waals surface area contributed by atoms with E-state index >= 15 is 0 Å². The molecular weight excluding hydrogens is 422 g/mol. The lowest BCUT2D eigenvalue weighted by molar-refractivity contribution is 0.0971. The zero-order chi connectivity index (χ0) is 19.7. The van der Waals surface area contributed by atoms with Gasteiger partial charge in [-0.3, -0.25) is 14.2 Å². The van der Waals surface area contributed by atoms with Gasteiger partial charge in [-0.05, 0) is 36.8 Å². The number of aromatic nitrogens is 2. The molecule has 0 aliphatic carbocycles. The Balaban J connectivity index is 2.10. The van der Waals surface area contributed by atoms with Gasteiger partial charge in [0.1, 0.15) is 23.7 Å². The van der Waals surface area contributed by atoms with Gasteiger partial charge in [-0.2, -0.15) is 0 Å². The minimum Gasteiger partial charge on any atom is -0.364 e. The number of amides is 2. The lowest BCUT2D eigenvalue weighted by Crippen LogP contribution is -2.23. The van der Waals surface area contributed by atoms with E-state index in [1.54, 1.807) is 6.07 Å². The maximum absolute atomic E-state index is 13.9. The summed E-state index contributed by atoms with van der Waals surface area (Å²) < 4.78 is 29.1. The van der Waals surface area contributed by atoms with Crippen LogP contribution in [0.3, 0.4) is 0 Å². The number of nitrogens with zero attached hydrogens (tertiary/aromatic N) is 2. The summed E-state index contributed by atoms with van der Waals surface area (Å²) in [5, 5.41) is 2.32. The highest BCUT2D eigenvalue weighted by molar-refractivity contribution is 9.10. The quantitative estimate of drug-likeness (QED) is 0.657. The number of benzene rings is 2. The molecule has 2 aromatic carbocycles. The van der Waals surface area contributed by atoms with Crippen LogP contribution in [0, 0.1) is 18.6 Å². The summed E-state index contributed by atoms with van der Waals surface area (Å²) in [6.07, 6.45) is 1.28. The molecule has 9 heteroatoms. The molecule has 0 radical (unpaired) electrons. The molecule has 0 atom stereocenters. The van der Waals surface area contributed by atoms with Gasteiger partial charge < -0.3 is 11.1 Å². The lowest BCUT2D eigenvalue weighted by Gasteiger charge is -2.13. The number of aryl methyl sites for hydroxylation is 1. The molecule has 0 bridgehead atoms. The normalized spacial score (nSPS) is 10.7. The van der Waals surface area contributed by atoms with Crippen molar-refractivity contribution in [2.75, 3.05) is 5.32 Å². The highest BCUT2D eigenvalue weighted by atomic mass is 79.9. The Kier molecular flexibility index (Phi) is 5.04. The predicted molar refractivity (Wildman–Crippen MR) is 98.8 cm³/mol. The molecule has 138 valence electrons. The first kappa shape index (κ1) is 18.7. The molecule has 0 unspecified atom stereocenters. The van der Waals surface area contributed by atoms with Crippen LogP contribution in [0.15, 0.2) is 47.2 Å². The average Bonchev–Trinajstić information content (AvgIpc) is 3.04. The molecular formula is C18H13BrF2N4O2. The summed E-state index contributed by atoms with van der Waals surface area (Å²) in [5.41, 5.74) is 6.04. The SMILES string of the molecule is Cc1ccc(Br)cc1-n1cnc(C(N)=O)c1C(=O)Nc1ccc(F)cc1F. The number of carbonyl (C=O) groups excluding carboxylic acids is 2. The van der Waals surface area contributed by atoms with E-state index in [0.717, 1.165) is 22.2 Å².